The Labute approximate surface area is 43.2 Å². The van der Waals surface area contributed by atoms with E-state index < -0.39 is 0 Å². The summed E-state index contributed by atoms with van der Waals surface area (Å²) < 4.78 is 0. The lowest BCUT2D eigenvalue weighted by Gasteiger charge is -2.01. The molecule has 3 heteroatoms. The smallest absolute Gasteiger partial charge is 0.0348 e. The van der Waals surface area contributed by atoms with Gasteiger partial charge in [0.25, 0.3) is 0 Å². The summed E-state index contributed by atoms with van der Waals surface area (Å²) in [5.74, 6) is 0. The minimum atomic E-state index is 0.514. The lowest BCUT2D eigenvalue weighted by atomic mass is 10.2. The maximum Gasteiger partial charge on any atom is 0.0348 e. The van der Waals surface area contributed by atoms with Crippen LogP contribution in [0.25, 0.3) is 0 Å². The van der Waals surface area contributed by atoms with Gasteiger partial charge >= 0.3 is 0 Å². The highest BCUT2D eigenvalue weighted by Crippen LogP contribution is 1.90. The van der Waals surface area contributed by atoms with Crippen molar-refractivity contribution in [3.63, 3.8) is 0 Å². The molecule has 1 heterocycles. The van der Waals surface area contributed by atoms with Gasteiger partial charge in [-0.15, -0.1) is 0 Å². The molecule has 0 spiro atoms. The molecule has 0 aromatic rings. The number of hydrogen-bond acceptors (Lipinski definition) is 3. The van der Waals surface area contributed by atoms with Gasteiger partial charge < -0.3 is 5.73 Å². The molecule has 0 aromatic carbocycles. The zero-order chi connectivity index (χ0) is 5.11. The van der Waals surface area contributed by atoms with Crippen LogP contribution in [0, 0.1) is 0 Å². The van der Waals surface area contributed by atoms with Gasteiger partial charge in [-0.1, -0.05) is 0 Å². The van der Waals surface area contributed by atoms with E-state index in [0.717, 1.165) is 19.5 Å². The summed E-state index contributed by atoms with van der Waals surface area (Å²) in [6, 6.07) is 0.514. The van der Waals surface area contributed by atoms with Crippen molar-refractivity contribution in [3.8, 4) is 0 Å². The van der Waals surface area contributed by atoms with Crippen molar-refractivity contribution in [1.29, 1.82) is 0 Å². The first-order valence-electron chi connectivity index (χ1n) is 2.62. The molecule has 1 saturated heterocycles. The minimum absolute atomic E-state index is 0.514. The second-order valence-corrected chi connectivity index (χ2v) is 1.79. The van der Waals surface area contributed by atoms with Crippen LogP contribution < -0.4 is 16.6 Å². The molecule has 0 aromatic heterocycles. The van der Waals surface area contributed by atoms with Crippen molar-refractivity contribution in [3.05, 3.63) is 0 Å². The summed E-state index contributed by atoms with van der Waals surface area (Å²) in [5, 5.41) is 0. The third kappa shape index (κ3) is 1.12. The van der Waals surface area contributed by atoms with Gasteiger partial charge in [-0.25, -0.2) is 0 Å². The molecule has 7 heavy (non-hydrogen) atoms. The molecular weight excluding hydrogens is 90.1 g/mol. The summed E-state index contributed by atoms with van der Waals surface area (Å²) in [6.07, 6.45) is 1.16. The Balaban J connectivity index is 2.14. The molecule has 1 aliphatic heterocycles. The zero-order valence-electron chi connectivity index (χ0n) is 4.28. The van der Waals surface area contributed by atoms with Gasteiger partial charge in [0, 0.05) is 19.1 Å². The monoisotopic (exact) mass is 101 g/mol. The van der Waals surface area contributed by atoms with Crippen molar-refractivity contribution < 1.29 is 0 Å². The van der Waals surface area contributed by atoms with Crippen LogP contribution in [0.15, 0.2) is 0 Å². The van der Waals surface area contributed by atoms with Crippen molar-refractivity contribution in [2.75, 3.05) is 13.1 Å². The Hall–Kier alpha value is -0.120. The molecule has 0 saturated carbocycles. The fourth-order valence-corrected chi connectivity index (χ4v) is 0.712. The van der Waals surface area contributed by atoms with Gasteiger partial charge in [0.2, 0.25) is 0 Å². The lowest BCUT2D eigenvalue weighted by molar-refractivity contribution is 0.563. The molecule has 0 aliphatic carbocycles. The average molecular weight is 101 g/mol. The van der Waals surface area contributed by atoms with Crippen molar-refractivity contribution in [2.45, 2.75) is 12.5 Å². The van der Waals surface area contributed by atoms with E-state index in [2.05, 4.69) is 10.9 Å². The molecule has 1 aliphatic rings. The van der Waals surface area contributed by atoms with Crippen LogP contribution in [0.1, 0.15) is 6.42 Å². The SMILES string of the molecule is NCC1CCNN1. The molecule has 1 atom stereocenters. The summed E-state index contributed by atoms with van der Waals surface area (Å²) >= 11 is 0. The van der Waals surface area contributed by atoms with Gasteiger partial charge in [0.05, 0.1) is 0 Å². The summed E-state index contributed by atoms with van der Waals surface area (Å²) in [7, 11) is 0. The van der Waals surface area contributed by atoms with Crippen LogP contribution >= 0.6 is 0 Å². The van der Waals surface area contributed by atoms with Crippen molar-refractivity contribution in [1.82, 2.24) is 10.9 Å². The van der Waals surface area contributed by atoms with Gasteiger partial charge in [-0.2, -0.15) is 0 Å². The summed E-state index contributed by atoms with van der Waals surface area (Å²) in [6.45, 7) is 1.80. The number of nitrogens with one attached hydrogen (secondary N) is 2. The normalized spacial score (nSPS) is 31.3. The third-order valence-corrected chi connectivity index (χ3v) is 1.21. The average Bonchev–Trinajstić information content (AvgIpc) is 2.14. The molecule has 0 bridgehead atoms. The lowest BCUT2D eigenvalue weighted by Crippen LogP contribution is -2.35. The second-order valence-electron chi connectivity index (χ2n) is 1.79. The Morgan fingerprint density at radius 2 is 2.57 bits per heavy atom. The Morgan fingerprint density at radius 1 is 1.71 bits per heavy atom. The first-order chi connectivity index (χ1) is 3.43. The van der Waals surface area contributed by atoms with E-state index in [1.54, 1.807) is 0 Å². The van der Waals surface area contributed by atoms with E-state index in [1.165, 1.54) is 0 Å². The molecule has 3 nitrogen and oxygen atoms in total. The molecule has 42 valence electrons. The standard InChI is InChI=1S/C4H11N3/c5-3-4-1-2-6-7-4/h4,6-7H,1-3,5H2. The van der Waals surface area contributed by atoms with E-state index in [1.807, 2.05) is 0 Å². The number of hydrazine groups is 1. The largest absolute Gasteiger partial charge is 0.329 e. The summed E-state index contributed by atoms with van der Waals surface area (Å²) in [5.41, 5.74) is 11.4. The van der Waals surface area contributed by atoms with Crippen molar-refractivity contribution >= 4 is 0 Å². The molecule has 1 rings (SSSR count). The van der Waals surface area contributed by atoms with Crippen LogP contribution in [0.5, 0.6) is 0 Å². The summed E-state index contributed by atoms with van der Waals surface area (Å²) in [4.78, 5) is 0. The predicted molar refractivity (Wildman–Crippen MR) is 28.6 cm³/mol. The Bertz CT molecular complexity index is 48.9. The second kappa shape index (κ2) is 2.26. The fraction of sp³-hybridized carbons (Fsp3) is 1.00. The molecular formula is C4H11N3. The molecule has 0 amide bonds. The van der Waals surface area contributed by atoms with Crippen LogP contribution in [0.3, 0.4) is 0 Å². The van der Waals surface area contributed by atoms with Crippen LogP contribution in [-0.2, 0) is 0 Å². The van der Waals surface area contributed by atoms with E-state index in [4.69, 9.17) is 5.73 Å². The van der Waals surface area contributed by atoms with Gasteiger partial charge in [-0.3, -0.25) is 10.9 Å². The fourth-order valence-electron chi connectivity index (χ4n) is 0.712. The Kier molecular flexibility index (Phi) is 1.62. The number of hydrogen-bond donors (Lipinski definition) is 3. The highest BCUT2D eigenvalue weighted by Gasteiger charge is 2.09. The molecule has 4 N–H and O–H groups in total. The van der Waals surface area contributed by atoms with Crippen LogP contribution in [0.4, 0.5) is 0 Å². The number of nitrogens with two attached hydrogens (primary N) is 1. The third-order valence-electron chi connectivity index (χ3n) is 1.21. The van der Waals surface area contributed by atoms with Gasteiger partial charge in [0.15, 0.2) is 0 Å². The van der Waals surface area contributed by atoms with Crippen molar-refractivity contribution in [2.24, 2.45) is 5.73 Å². The van der Waals surface area contributed by atoms with E-state index in [-0.39, 0.29) is 0 Å². The maximum absolute atomic E-state index is 5.33. The highest BCUT2D eigenvalue weighted by molar-refractivity contribution is 4.71. The van der Waals surface area contributed by atoms with E-state index >= 15 is 0 Å². The topological polar surface area (TPSA) is 50.1 Å². The molecule has 1 unspecified atom stereocenters. The molecule has 0 radical (unpaired) electrons. The first-order valence-corrected chi connectivity index (χ1v) is 2.62. The van der Waals surface area contributed by atoms with Gasteiger partial charge in [0.1, 0.15) is 0 Å². The minimum Gasteiger partial charge on any atom is -0.329 e. The zero-order valence-corrected chi connectivity index (χ0v) is 4.28. The quantitative estimate of drug-likeness (QED) is 0.389. The molecule has 1 fully saturated rings. The highest BCUT2D eigenvalue weighted by atomic mass is 15.4. The maximum atomic E-state index is 5.33. The first kappa shape index (κ1) is 5.03. The van der Waals surface area contributed by atoms with Crippen LogP contribution in [0.2, 0.25) is 0 Å². The predicted octanol–water partition coefficient (Wildman–Crippen LogP) is -1.19. The Morgan fingerprint density at radius 3 is 2.86 bits per heavy atom. The van der Waals surface area contributed by atoms with E-state index in [9.17, 15) is 0 Å². The van der Waals surface area contributed by atoms with E-state index in [0.29, 0.717) is 6.04 Å². The van der Waals surface area contributed by atoms with Gasteiger partial charge in [-0.05, 0) is 6.42 Å². The van der Waals surface area contributed by atoms with Crippen LogP contribution in [-0.4, -0.2) is 19.1 Å². The number of rotatable bonds is 1.